The third kappa shape index (κ3) is 4.96. The molecule has 0 aliphatic carbocycles. The zero-order valence-electron chi connectivity index (χ0n) is 17.1. The van der Waals surface area contributed by atoms with E-state index >= 15 is 0 Å². The zero-order valence-corrected chi connectivity index (χ0v) is 17.1. The van der Waals surface area contributed by atoms with E-state index in [1.165, 1.54) is 0 Å². The molecular formula is C23H26N2O4. The van der Waals surface area contributed by atoms with Crippen molar-refractivity contribution >= 4 is 17.9 Å². The summed E-state index contributed by atoms with van der Waals surface area (Å²) in [6.45, 7) is 4.10. The van der Waals surface area contributed by atoms with E-state index in [4.69, 9.17) is 9.47 Å². The van der Waals surface area contributed by atoms with Crippen LogP contribution in [0.3, 0.4) is 0 Å². The maximum absolute atomic E-state index is 12.6. The summed E-state index contributed by atoms with van der Waals surface area (Å²) in [7, 11) is 3.16. The van der Waals surface area contributed by atoms with Crippen molar-refractivity contribution in [1.29, 1.82) is 0 Å². The van der Waals surface area contributed by atoms with Crippen LogP contribution in [0.2, 0.25) is 0 Å². The molecule has 0 saturated carbocycles. The van der Waals surface area contributed by atoms with Crippen molar-refractivity contribution in [2.75, 3.05) is 40.4 Å². The molecule has 1 heterocycles. The third-order valence-corrected chi connectivity index (χ3v) is 5.00. The summed E-state index contributed by atoms with van der Waals surface area (Å²) in [5.41, 5.74) is 2.66. The fourth-order valence-electron chi connectivity index (χ4n) is 3.24. The van der Waals surface area contributed by atoms with E-state index in [1.54, 1.807) is 42.2 Å². The van der Waals surface area contributed by atoms with Gasteiger partial charge in [-0.1, -0.05) is 23.8 Å². The van der Waals surface area contributed by atoms with Crippen molar-refractivity contribution in [3.63, 3.8) is 0 Å². The first-order chi connectivity index (χ1) is 14.0. The Hall–Kier alpha value is -3.28. The van der Waals surface area contributed by atoms with Gasteiger partial charge >= 0.3 is 0 Å². The Bertz CT molecular complexity index is 898. The highest BCUT2D eigenvalue weighted by atomic mass is 16.5. The van der Waals surface area contributed by atoms with E-state index < -0.39 is 0 Å². The summed E-state index contributed by atoms with van der Waals surface area (Å²) in [5, 5.41) is 0. The van der Waals surface area contributed by atoms with Crippen LogP contribution in [0.4, 0.5) is 0 Å². The van der Waals surface area contributed by atoms with Crippen molar-refractivity contribution in [3.8, 4) is 11.5 Å². The van der Waals surface area contributed by atoms with E-state index in [-0.39, 0.29) is 11.8 Å². The van der Waals surface area contributed by atoms with Crippen LogP contribution in [0.25, 0.3) is 6.08 Å². The van der Waals surface area contributed by atoms with Crippen LogP contribution in [0.1, 0.15) is 21.5 Å². The normalized spacial score (nSPS) is 14.2. The number of methoxy groups -OCH3 is 2. The number of hydrogen-bond donors (Lipinski definition) is 0. The molecule has 0 N–H and O–H groups in total. The van der Waals surface area contributed by atoms with Crippen molar-refractivity contribution in [2.45, 2.75) is 6.92 Å². The number of rotatable bonds is 5. The zero-order chi connectivity index (χ0) is 20.8. The maximum Gasteiger partial charge on any atom is 0.253 e. The molecule has 1 fully saturated rings. The number of hydrogen-bond acceptors (Lipinski definition) is 4. The van der Waals surface area contributed by atoms with Gasteiger partial charge in [-0.3, -0.25) is 9.59 Å². The molecule has 0 aromatic heterocycles. The van der Waals surface area contributed by atoms with Gasteiger partial charge in [-0.25, -0.2) is 0 Å². The molecule has 2 aromatic rings. The van der Waals surface area contributed by atoms with Gasteiger partial charge in [-0.15, -0.1) is 0 Å². The van der Waals surface area contributed by atoms with Crippen molar-refractivity contribution in [3.05, 3.63) is 65.2 Å². The molecule has 0 spiro atoms. The number of carbonyl (C=O) groups excluding carboxylic acids is 2. The molecule has 1 saturated heterocycles. The first-order valence-corrected chi connectivity index (χ1v) is 9.57. The molecule has 6 nitrogen and oxygen atoms in total. The van der Waals surface area contributed by atoms with Gasteiger partial charge in [0, 0.05) is 37.8 Å². The molecule has 29 heavy (non-hydrogen) atoms. The lowest BCUT2D eigenvalue weighted by Gasteiger charge is -2.34. The van der Waals surface area contributed by atoms with Crippen LogP contribution >= 0.6 is 0 Å². The van der Waals surface area contributed by atoms with Gasteiger partial charge < -0.3 is 19.3 Å². The molecule has 152 valence electrons. The molecule has 0 bridgehead atoms. The minimum absolute atomic E-state index is 0.0120. The van der Waals surface area contributed by atoms with Crippen LogP contribution in [0, 0.1) is 6.92 Å². The van der Waals surface area contributed by atoms with Crippen molar-refractivity contribution in [1.82, 2.24) is 9.80 Å². The highest BCUT2D eigenvalue weighted by molar-refractivity contribution is 5.95. The molecule has 2 amide bonds. The second-order valence-electron chi connectivity index (χ2n) is 6.93. The van der Waals surface area contributed by atoms with Crippen LogP contribution in [0.5, 0.6) is 11.5 Å². The van der Waals surface area contributed by atoms with Gasteiger partial charge in [0.25, 0.3) is 5.91 Å². The fourth-order valence-corrected chi connectivity index (χ4v) is 3.24. The van der Waals surface area contributed by atoms with E-state index in [2.05, 4.69) is 0 Å². The van der Waals surface area contributed by atoms with E-state index in [1.807, 2.05) is 43.3 Å². The Morgan fingerprint density at radius 3 is 2.10 bits per heavy atom. The summed E-state index contributed by atoms with van der Waals surface area (Å²) >= 11 is 0. The number of ether oxygens (including phenoxy) is 2. The van der Waals surface area contributed by atoms with Crippen LogP contribution in [-0.4, -0.2) is 62.0 Å². The number of piperazine rings is 1. The van der Waals surface area contributed by atoms with Crippen LogP contribution < -0.4 is 9.47 Å². The predicted molar refractivity (Wildman–Crippen MR) is 112 cm³/mol. The minimum Gasteiger partial charge on any atom is -0.493 e. The molecule has 3 rings (SSSR count). The van der Waals surface area contributed by atoms with Crippen molar-refractivity contribution in [2.24, 2.45) is 0 Å². The van der Waals surface area contributed by atoms with Gasteiger partial charge in [0.1, 0.15) is 0 Å². The first kappa shape index (κ1) is 20.5. The summed E-state index contributed by atoms with van der Waals surface area (Å²) in [5.74, 6) is 1.20. The van der Waals surface area contributed by atoms with Crippen LogP contribution in [0.15, 0.2) is 48.5 Å². The molecule has 2 aromatic carbocycles. The van der Waals surface area contributed by atoms with E-state index in [9.17, 15) is 9.59 Å². The first-order valence-electron chi connectivity index (χ1n) is 9.57. The number of nitrogens with zero attached hydrogens (tertiary/aromatic N) is 2. The Labute approximate surface area is 171 Å². The lowest BCUT2D eigenvalue weighted by molar-refractivity contribution is -0.127. The molecule has 1 aliphatic rings. The average molecular weight is 394 g/mol. The summed E-state index contributed by atoms with van der Waals surface area (Å²) in [6.07, 6.45) is 3.31. The summed E-state index contributed by atoms with van der Waals surface area (Å²) < 4.78 is 10.5. The Morgan fingerprint density at radius 2 is 1.48 bits per heavy atom. The molecule has 6 heteroatoms. The summed E-state index contributed by atoms with van der Waals surface area (Å²) in [4.78, 5) is 28.7. The standard InChI is InChI=1S/C23H26N2O4/c1-17-4-8-19(9-5-17)23(27)25-14-12-24(13-15-25)22(26)11-7-18-6-10-20(28-2)21(16-18)29-3/h4-11,16H,12-15H2,1-3H3/b11-7+. The largest absolute Gasteiger partial charge is 0.493 e. The molecule has 0 unspecified atom stereocenters. The fraction of sp³-hybridized carbons (Fsp3) is 0.304. The molecule has 1 aliphatic heterocycles. The Morgan fingerprint density at radius 1 is 0.862 bits per heavy atom. The number of aryl methyl sites for hydroxylation is 1. The second kappa shape index (κ2) is 9.28. The minimum atomic E-state index is -0.0674. The Kier molecular flexibility index (Phi) is 6.54. The molecule has 0 radical (unpaired) electrons. The summed E-state index contributed by atoms with van der Waals surface area (Å²) in [6, 6.07) is 13.1. The highest BCUT2D eigenvalue weighted by Gasteiger charge is 2.23. The monoisotopic (exact) mass is 394 g/mol. The SMILES string of the molecule is COc1ccc(/C=C/C(=O)N2CCN(C(=O)c3ccc(C)cc3)CC2)cc1OC. The lowest BCUT2D eigenvalue weighted by atomic mass is 10.1. The number of benzene rings is 2. The van der Waals surface area contributed by atoms with E-state index in [0.717, 1.165) is 11.1 Å². The van der Waals surface area contributed by atoms with Crippen LogP contribution in [-0.2, 0) is 4.79 Å². The quantitative estimate of drug-likeness (QED) is 0.732. The highest BCUT2D eigenvalue weighted by Crippen LogP contribution is 2.28. The predicted octanol–water partition coefficient (Wildman–Crippen LogP) is 3.01. The van der Waals surface area contributed by atoms with E-state index in [0.29, 0.717) is 43.2 Å². The van der Waals surface area contributed by atoms with Gasteiger partial charge in [-0.05, 0) is 42.8 Å². The smallest absolute Gasteiger partial charge is 0.253 e. The Balaban J connectivity index is 1.56. The number of amides is 2. The maximum atomic E-state index is 12.6. The molecule has 0 atom stereocenters. The van der Waals surface area contributed by atoms with Gasteiger partial charge in [0.15, 0.2) is 11.5 Å². The third-order valence-electron chi connectivity index (χ3n) is 5.00. The topological polar surface area (TPSA) is 59.1 Å². The van der Waals surface area contributed by atoms with Crippen molar-refractivity contribution < 1.29 is 19.1 Å². The van der Waals surface area contributed by atoms with Gasteiger partial charge in [0.05, 0.1) is 14.2 Å². The molecular weight excluding hydrogens is 368 g/mol. The number of carbonyl (C=O) groups is 2. The second-order valence-corrected chi connectivity index (χ2v) is 6.93. The average Bonchev–Trinajstić information content (AvgIpc) is 2.77. The van der Waals surface area contributed by atoms with Gasteiger partial charge in [0.2, 0.25) is 5.91 Å². The van der Waals surface area contributed by atoms with Gasteiger partial charge in [-0.2, -0.15) is 0 Å². The lowest BCUT2D eigenvalue weighted by Crippen LogP contribution is -2.50.